The minimum Gasteiger partial charge on any atom is -0.462 e. The lowest BCUT2D eigenvalue weighted by molar-refractivity contribution is -0.384. The van der Waals surface area contributed by atoms with Crippen LogP contribution >= 0.6 is 0 Å². The monoisotopic (exact) mass is 463 g/mol. The summed E-state index contributed by atoms with van der Waals surface area (Å²) in [5.41, 5.74) is 0.0418. The van der Waals surface area contributed by atoms with Crippen molar-refractivity contribution in [3.8, 4) is 0 Å². The number of sulfonamides is 1. The highest BCUT2D eigenvalue weighted by Gasteiger charge is 2.23. The Morgan fingerprint density at radius 1 is 1.12 bits per heavy atom. The van der Waals surface area contributed by atoms with E-state index in [9.17, 15) is 28.1 Å². The van der Waals surface area contributed by atoms with Crippen molar-refractivity contribution in [2.75, 3.05) is 13.7 Å². The maximum absolute atomic E-state index is 12.5. The first-order valence-electron chi connectivity index (χ1n) is 9.79. The first kappa shape index (κ1) is 25.0. The molecule has 0 spiro atoms. The van der Waals surface area contributed by atoms with Crippen molar-refractivity contribution in [1.82, 2.24) is 9.62 Å². The number of carbonyl (C=O) groups is 2. The summed E-state index contributed by atoms with van der Waals surface area (Å²) in [5.74, 6) is -1.40. The summed E-state index contributed by atoms with van der Waals surface area (Å²) in [6, 6.07) is 9.16. The Morgan fingerprint density at radius 3 is 2.25 bits per heavy atom. The molecule has 11 heteroatoms. The van der Waals surface area contributed by atoms with Crippen LogP contribution in [0.25, 0.3) is 0 Å². The number of amides is 1. The molecule has 2 aromatic carbocycles. The van der Waals surface area contributed by atoms with Gasteiger partial charge in [0.05, 0.1) is 22.0 Å². The van der Waals surface area contributed by atoms with E-state index in [0.717, 1.165) is 12.1 Å². The fraction of sp³-hybridized carbons (Fsp3) is 0.333. The van der Waals surface area contributed by atoms with Gasteiger partial charge in [0, 0.05) is 37.3 Å². The largest absolute Gasteiger partial charge is 0.462 e. The van der Waals surface area contributed by atoms with Gasteiger partial charge in [0.25, 0.3) is 11.6 Å². The molecular weight excluding hydrogens is 438 g/mol. The topological polar surface area (TPSA) is 136 Å². The normalized spacial score (nSPS) is 11.4. The summed E-state index contributed by atoms with van der Waals surface area (Å²) >= 11 is 0. The first-order valence-corrected chi connectivity index (χ1v) is 11.2. The third-order valence-electron chi connectivity index (χ3n) is 4.68. The van der Waals surface area contributed by atoms with Crippen molar-refractivity contribution >= 4 is 27.6 Å². The zero-order valence-electron chi connectivity index (χ0n) is 18.2. The van der Waals surface area contributed by atoms with E-state index in [1.807, 2.05) is 0 Å². The Labute approximate surface area is 186 Å². The van der Waals surface area contributed by atoms with E-state index in [-0.39, 0.29) is 35.2 Å². The smallest absolute Gasteiger partial charge is 0.338 e. The number of rotatable bonds is 9. The number of non-ortho nitro benzene ring substituents is 1. The number of hydrogen-bond acceptors (Lipinski definition) is 7. The highest BCUT2D eigenvalue weighted by atomic mass is 32.2. The van der Waals surface area contributed by atoms with Crippen LogP contribution in [0.1, 0.15) is 47.1 Å². The van der Waals surface area contributed by atoms with Crippen molar-refractivity contribution < 1.29 is 27.7 Å². The van der Waals surface area contributed by atoms with E-state index < -0.39 is 32.5 Å². The fourth-order valence-electron chi connectivity index (χ4n) is 2.69. The lowest BCUT2D eigenvalue weighted by Gasteiger charge is -2.21. The average molecular weight is 464 g/mol. The lowest BCUT2D eigenvalue weighted by atomic mass is 10.1. The van der Waals surface area contributed by atoms with Gasteiger partial charge in [-0.15, -0.1) is 0 Å². The molecule has 0 aliphatic heterocycles. The number of carbonyl (C=O) groups excluding carboxylic acids is 2. The maximum atomic E-state index is 12.5. The fourth-order valence-corrected chi connectivity index (χ4v) is 4.06. The lowest BCUT2D eigenvalue weighted by Crippen LogP contribution is -2.33. The van der Waals surface area contributed by atoms with Crippen molar-refractivity contribution in [2.45, 2.75) is 38.3 Å². The number of hydrogen-bond donors (Lipinski definition) is 1. The molecule has 0 aliphatic carbocycles. The molecule has 0 aliphatic rings. The minimum absolute atomic E-state index is 0.0522. The number of benzene rings is 2. The van der Waals surface area contributed by atoms with Gasteiger partial charge in [-0.1, -0.05) is 12.1 Å². The van der Waals surface area contributed by atoms with Crippen molar-refractivity contribution in [3.63, 3.8) is 0 Å². The van der Waals surface area contributed by atoms with E-state index in [4.69, 9.17) is 4.74 Å². The van der Waals surface area contributed by atoms with Gasteiger partial charge in [0.2, 0.25) is 10.0 Å². The molecule has 0 saturated heterocycles. The van der Waals surface area contributed by atoms with Gasteiger partial charge in [-0.3, -0.25) is 14.9 Å². The molecule has 0 saturated carbocycles. The quantitative estimate of drug-likeness (QED) is 0.343. The molecule has 32 heavy (non-hydrogen) atoms. The zero-order valence-corrected chi connectivity index (χ0v) is 19.0. The second-order valence-electron chi connectivity index (χ2n) is 7.19. The molecule has 1 N–H and O–H groups in total. The SMILES string of the molecule is CCOC(=O)c1cc(C(=O)NCc2ccc(S(=O)(=O)N(C)C(C)C)cc2)cc([N+](=O)[O-])c1. The van der Waals surface area contributed by atoms with Crippen LogP contribution in [0.4, 0.5) is 5.69 Å². The molecule has 172 valence electrons. The van der Waals surface area contributed by atoms with Crippen LogP contribution in [-0.4, -0.2) is 49.2 Å². The summed E-state index contributed by atoms with van der Waals surface area (Å²) in [5, 5.41) is 13.8. The summed E-state index contributed by atoms with van der Waals surface area (Å²) in [6.07, 6.45) is 0. The van der Waals surface area contributed by atoms with Crippen LogP contribution in [0.2, 0.25) is 0 Å². The van der Waals surface area contributed by atoms with Crippen LogP contribution < -0.4 is 5.32 Å². The number of nitrogens with one attached hydrogen (secondary N) is 1. The van der Waals surface area contributed by atoms with Crippen molar-refractivity contribution in [3.05, 3.63) is 69.3 Å². The van der Waals surface area contributed by atoms with Crippen LogP contribution in [0, 0.1) is 10.1 Å². The molecule has 1 amide bonds. The van der Waals surface area contributed by atoms with Crippen LogP contribution in [0.5, 0.6) is 0 Å². The Balaban J connectivity index is 2.17. The van der Waals surface area contributed by atoms with Crippen molar-refractivity contribution in [1.29, 1.82) is 0 Å². The second kappa shape index (κ2) is 10.3. The Bertz CT molecular complexity index is 1110. The molecule has 0 unspecified atom stereocenters. The molecule has 0 radical (unpaired) electrons. The van der Waals surface area contributed by atoms with Gasteiger partial charge in [-0.2, -0.15) is 4.31 Å². The van der Waals surface area contributed by atoms with Gasteiger partial charge in [-0.25, -0.2) is 13.2 Å². The number of nitro benzene ring substituents is 1. The first-order chi connectivity index (χ1) is 15.0. The van der Waals surface area contributed by atoms with Crippen LogP contribution in [-0.2, 0) is 21.3 Å². The Morgan fingerprint density at radius 2 is 1.72 bits per heavy atom. The van der Waals surface area contributed by atoms with Crippen molar-refractivity contribution in [2.24, 2.45) is 0 Å². The Kier molecular flexibility index (Phi) is 8.06. The summed E-state index contributed by atoms with van der Waals surface area (Å²) < 4.78 is 31.1. The standard InChI is InChI=1S/C21H25N3O7S/c1-5-31-21(26)17-10-16(11-18(12-17)24(27)28)20(25)22-13-15-6-8-19(9-7-15)32(29,30)23(4)14(2)3/h6-12,14H,5,13H2,1-4H3,(H,22,25). The Hall–Kier alpha value is -3.31. The number of nitrogens with zero attached hydrogens (tertiary/aromatic N) is 2. The molecule has 0 bridgehead atoms. The minimum atomic E-state index is -3.62. The third-order valence-corrected chi connectivity index (χ3v) is 6.73. The molecule has 2 rings (SSSR count). The highest BCUT2D eigenvalue weighted by molar-refractivity contribution is 7.89. The van der Waals surface area contributed by atoms with Gasteiger partial charge in [0.1, 0.15) is 0 Å². The second-order valence-corrected chi connectivity index (χ2v) is 9.19. The number of esters is 1. The third kappa shape index (κ3) is 5.89. The average Bonchev–Trinajstić information content (AvgIpc) is 2.76. The number of nitro groups is 1. The predicted molar refractivity (Wildman–Crippen MR) is 117 cm³/mol. The summed E-state index contributed by atoms with van der Waals surface area (Å²) in [7, 11) is -2.12. The van der Waals surface area contributed by atoms with E-state index in [0.29, 0.717) is 5.56 Å². The molecule has 2 aromatic rings. The van der Waals surface area contributed by atoms with Crippen LogP contribution in [0.15, 0.2) is 47.4 Å². The molecule has 0 atom stereocenters. The predicted octanol–water partition coefficient (Wildman–Crippen LogP) is 2.73. The molecule has 0 aromatic heterocycles. The van der Waals surface area contributed by atoms with Gasteiger partial charge in [0.15, 0.2) is 0 Å². The van der Waals surface area contributed by atoms with Gasteiger partial charge >= 0.3 is 5.97 Å². The van der Waals surface area contributed by atoms with E-state index in [2.05, 4.69) is 5.32 Å². The van der Waals surface area contributed by atoms with E-state index >= 15 is 0 Å². The molecular formula is C21H25N3O7S. The van der Waals surface area contributed by atoms with E-state index in [1.165, 1.54) is 29.6 Å². The van der Waals surface area contributed by atoms with Gasteiger partial charge < -0.3 is 10.1 Å². The van der Waals surface area contributed by atoms with Gasteiger partial charge in [-0.05, 0) is 44.5 Å². The highest BCUT2D eigenvalue weighted by Crippen LogP contribution is 2.19. The molecule has 0 fully saturated rings. The summed E-state index contributed by atoms with van der Waals surface area (Å²) in [6.45, 7) is 5.27. The van der Waals surface area contributed by atoms with Crippen LogP contribution in [0.3, 0.4) is 0 Å². The summed E-state index contributed by atoms with van der Waals surface area (Å²) in [4.78, 5) is 35.1. The van der Waals surface area contributed by atoms with E-state index in [1.54, 1.807) is 32.9 Å². The zero-order chi connectivity index (χ0) is 24.1. The molecule has 10 nitrogen and oxygen atoms in total. The number of ether oxygens (including phenoxy) is 1. The maximum Gasteiger partial charge on any atom is 0.338 e. The molecule has 0 heterocycles.